The predicted octanol–water partition coefficient (Wildman–Crippen LogP) is 4.52. The lowest BCUT2D eigenvalue weighted by Crippen LogP contribution is -2.27. The Balaban J connectivity index is 1.97. The number of rotatable bonds is 5. The fourth-order valence-corrected chi connectivity index (χ4v) is 3.63. The summed E-state index contributed by atoms with van der Waals surface area (Å²) in [4.78, 5) is 37.8. The third-order valence-corrected chi connectivity index (χ3v) is 5.03. The van der Waals surface area contributed by atoms with Gasteiger partial charge in [0.1, 0.15) is 0 Å². The molecular weight excluding hydrogens is 418 g/mol. The monoisotopic (exact) mass is 433 g/mol. The first-order valence-electron chi connectivity index (χ1n) is 8.32. The van der Waals surface area contributed by atoms with Crippen LogP contribution in [-0.4, -0.2) is 31.3 Å². The second-order valence-electron chi connectivity index (χ2n) is 5.84. The molecular formula is C20H16ClNO6S. The van der Waals surface area contributed by atoms with Crippen LogP contribution in [0.1, 0.15) is 12.5 Å². The summed E-state index contributed by atoms with van der Waals surface area (Å²) < 4.78 is 15.7. The van der Waals surface area contributed by atoms with Gasteiger partial charge in [0.05, 0.1) is 24.8 Å². The molecule has 0 aromatic heterocycles. The SMILES string of the molecule is COc1cc(/C=C2/SC(=O)N(c3ccc(Cl)cc3)C2=O)cc(OC)c1OC(C)=O. The van der Waals surface area contributed by atoms with Crippen molar-refractivity contribution in [2.45, 2.75) is 6.92 Å². The number of nitrogens with zero attached hydrogens (tertiary/aromatic N) is 1. The summed E-state index contributed by atoms with van der Waals surface area (Å²) in [5, 5.41) is 0.0855. The minimum Gasteiger partial charge on any atom is -0.493 e. The van der Waals surface area contributed by atoms with Crippen LogP contribution in [0, 0.1) is 0 Å². The molecule has 9 heteroatoms. The lowest BCUT2D eigenvalue weighted by Gasteiger charge is -2.13. The zero-order valence-corrected chi connectivity index (χ0v) is 17.3. The number of amides is 2. The van der Waals surface area contributed by atoms with Crippen LogP contribution in [0.3, 0.4) is 0 Å². The van der Waals surface area contributed by atoms with Gasteiger partial charge in [-0.15, -0.1) is 0 Å². The van der Waals surface area contributed by atoms with Crippen molar-refractivity contribution < 1.29 is 28.6 Å². The number of methoxy groups -OCH3 is 2. The molecule has 0 atom stereocenters. The maximum atomic E-state index is 12.8. The highest BCUT2D eigenvalue weighted by Gasteiger charge is 2.36. The van der Waals surface area contributed by atoms with Crippen molar-refractivity contribution in [2.75, 3.05) is 19.1 Å². The molecule has 1 fully saturated rings. The number of carbonyl (C=O) groups excluding carboxylic acids is 3. The number of imide groups is 1. The van der Waals surface area contributed by atoms with Gasteiger partial charge in [-0.25, -0.2) is 4.90 Å². The average molecular weight is 434 g/mol. The Kier molecular flexibility index (Phi) is 6.14. The fraction of sp³-hybridized carbons (Fsp3) is 0.150. The number of carbonyl (C=O) groups is 3. The highest BCUT2D eigenvalue weighted by Crippen LogP contribution is 2.41. The van der Waals surface area contributed by atoms with Crippen LogP contribution in [0.25, 0.3) is 6.08 Å². The molecule has 0 spiro atoms. The molecule has 29 heavy (non-hydrogen) atoms. The van der Waals surface area contributed by atoms with Crippen molar-refractivity contribution in [3.8, 4) is 17.2 Å². The molecule has 1 heterocycles. The molecule has 3 rings (SSSR count). The van der Waals surface area contributed by atoms with Crippen molar-refractivity contribution in [3.05, 3.63) is 51.9 Å². The van der Waals surface area contributed by atoms with Gasteiger partial charge in [0.15, 0.2) is 11.5 Å². The molecule has 2 aromatic rings. The van der Waals surface area contributed by atoms with Crippen molar-refractivity contribution in [2.24, 2.45) is 0 Å². The summed E-state index contributed by atoms with van der Waals surface area (Å²) in [5.41, 5.74) is 0.969. The minimum absolute atomic E-state index is 0.133. The molecule has 1 saturated heterocycles. The highest BCUT2D eigenvalue weighted by molar-refractivity contribution is 8.19. The van der Waals surface area contributed by atoms with Crippen molar-refractivity contribution in [3.63, 3.8) is 0 Å². The van der Waals surface area contributed by atoms with Crippen LogP contribution in [0.4, 0.5) is 10.5 Å². The van der Waals surface area contributed by atoms with Crippen molar-refractivity contribution >= 4 is 52.2 Å². The quantitative estimate of drug-likeness (QED) is 0.389. The van der Waals surface area contributed by atoms with Gasteiger partial charge in [-0.3, -0.25) is 14.4 Å². The van der Waals surface area contributed by atoms with E-state index in [0.717, 1.165) is 16.7 Å². The van der Waals surface area contributed by atoms with E-state index in [1.807, 2.05) is 0 Å². The topological polar surface area (TPSA) is 82.1 Å². The number of halogens is 1. The van der Waals surface area contributed by atoms with E-state index in [-0.39, 0.29) is 22.2 Å². The van der Waals surface area contributed by atoms with Crippen molar-refractivity contribution in [1.29, 1.82) is 0 Å². The molecule has 2 aromatic carbocycles. The number of esters is 1. The van der Waals surface area contributed by atoms with Gasteiger partial charge < -0.3 is 14.2 Å². The molecule has 1 aliphatic rings. The Morgan fingerprint density at radius 2 is 1.66 bits per heavy atom. The minimum atomic E-state index is -0.529. The number of anilines is 1. The van der Waals surface area contributed by atoms with E-state index in [0.29, 0.717) is 16.3 Å². The van der Waals surface area contributed by atoms with E-state index in [9.17, 15) is 14.4 Å². The summed E-state index contributed by atoms with van der Waals surface area (Å²) in [7, 11) is 2.83. The average Bonchev–Trinajstić information content (AvgIpc) is 2.96. The number of hydrogen-bond donors (Lipinski definition) is 0. The van der Waals surface area contributed by atoms with E-state index in [2.05, 4.69) is 0 Å². The first-order chi connectivity index (χ1) is 13.8. The van der Waals surface area contributed by atoms with Gasteiger partial charge in [0, 0.05) is 11.9 Å². The Hall–Kier alpha value is -2.97. The predicted molar refractivity (Wildman–Crippen MR) is 111 cm³/mol. The smallest absolute Gasteiger partial charge is 0.308 e. The zero-order chi connectivity index (χ0) is 21.1. The molecule has 0 aliphatic carbocycles. The summed E-state index contributed by atoms with van der Waals surface area (Å²) in [6.07, 6.45) is 1.55. The number of ether oxygens (including phenoxy) is 3. The summed E-state index contributed by atoms with van der Waals surface area (Å²) >= 11 is 6.68. The number of benzene rings is 2. The summed E-state index contributed by atoms with van der Waals surface area (Å²) in [6.45, 7) is 1.26. The molecule has 7 nitrogen and oxygen atoms in total. The van der Waals surface area contributed by atoms with Crippen LogP contribution in [0.15, 0.2) is 41.3 Å². The van der Waals surface area contributed by atoms with Crippen LogP contribution >= 0.6 is 23.4 Å². The maximum Gasteiger partial charge on any atom is 0.308 e. The lowest BCUT2D eigenvalue weighted by atomic mass is 10.1. The molecule has 0 bridgehead atoms. The van der Waals surface area contributed by atoms with Gasteiger partial charge in [0.2, 0.25) is 5.75 Å². The third-order valence-electron chi connectivity index (χ3n) is 3.91. The summed E-state index contributed by atoms with van der Waals surface area (Å²) in [6, 6.07) is 9.57. The highest BCUT2D eigenvalue weighted by atomic mass is 35.5. The molecule has 0 radical (unpaired) electrons. The normalized spacial score (nSPS) is 15.0. The second kappa shape index (κ2) is 8.59. The molecule has 0 unspecified atom stereocenters. The third kappa shape index (κ3) is 4.38. The standard InChI is InChI=1S/C20H16ClNO6S/c1-11(23)28-18-15(26-2)8-12(9-16(18)27-3)10-17-19(24)22(20(25)29-17)14-6-4-13(21)5-7-14/h4-10H,1-3H3/b17-10+. The van der Waals surface area contributed by atoms with Crippen molar-refractivity contribution in [1.82, 2.24) is 0 Å². The van der Waals surface area contributed by atoms with Crippen LogP contribution in [-0.2, 0) is 9.59 Å². The van der Waals surface area contributed by atoms with Gasteiger partial charge in [-0.2, -0.15) is 0 Å². The molecule has 1 aliphatic heterocycles. The first kappa shape index (κ1) is 20.8. The molecule has 2 amide bonds. The van der Waals surface area contributed by atoms with E-state index in [4.69, 9.17) is 25.8 Å². The lowest BCUT2D eigenvalue weighted by molar-refractivity contribution is -0.132. The van der Waals surface area contributed by atoms with E-state index in [1.165, 1.54) is 21.1 Å². The van der Waals surface area contributed by atoms with Gasteiger partial charge in [0.25, 0.3) is 11.1 Å². The first-order valence-corrected chi connectivity index (χ1v) is 9.51. The molecule has 0 N–H and O–H groups in total. The van der Waals surface area contributed by atoms with E-state index >= 15 is 0 Å². The van der Waals surface area contributed by atoms with Gasteiger partial charge in [-0.1, -0.05) is 11.6 Å². The molecule has 0 saturated carbocycles. The Morgan fingerprint density at radius 3 is 2.17 bits per heavy atom. The fourth-order valence-electron chi connectivity index (χ4n) is 2.66. The Morgan fingerprint density at radius 1 is 1.07 bits per heavy atom. The van der Waals surface area contributed by atoms with E-state index < -0.39 is 17.1 Å². The van der Waals surface area contributed by atoms with Crippen LogP contribution in [0.2, 0.25) is 5.02 Å². The molecule has 150 valence electrons. The number of hydrogen-bond acceptors (Lipinski definition) is 7. The largest absolute Gasteiger partial charge is 0.493 e. The van der Waals surface area contributed by atoms with Gasteiger partial charge in [-0.05, 0) is 59.8 Å². The second-order valence-corrected chi connectivity index (χ2v) is 7.27. The summed E-state index contributed by atoms with van der Waals surface area (Å²) in [5.74, 6) is -0.345. The van der Waals surface area contributed by atoms with Crippen LogP contribution < -0.4 is 19.1 Å². The zero-order valence-electron chi connectivity index (χ0n) is 15.7. The maximum absolute atomic E-state index is 12.8. The Bertz CT molecular complexity index is 993. The van der Waals surface area contributed by atoms with Crippen LogP contribution in [0.5, 0.6) is 17.2 Å². The number of thioether (sulfide) groups is 1. The Labute approximate surface area is 176 Å². The van der Waals surface area contributed by atoms with E-state index in [1.54, 1.807) is 42.5 Å². The van der Waals surface area contributed by atoms with Gasteiger partial charge >= 0.3 is 5.97 Å².